The topological polar surface area (TPSA) is 368 Å². The van der Waals surface area contributed by atoms with E-state index in [2.05, 4.69) is 47.2 Å². The molecule has 0 saturated carbocycles. The standard InChI is InChI=1S/C53H66N12O10S4/c1-30(66)45-53(75)64-43(52(74)62-41(46(56)68)27-78-79-44-16-8-10-22-57-44)29-77-76-28-42(63-47(69)36(55)23-31-11-3-2-4-12-31)51(73)60-39(24-32-17-19-34(67)20-18-32)49(71)61-40(25-33-26-58-37-14-6-5-13-35(33)37)50(72)59-38(48(70)65-45)15-7-9-21-54/h2-6,8,10-14,16-20,22,26,30,36,38-43,45,58,66-67H,7,9,15,21,23-25,27-29,54-55H2,1H3,(H2,56,68)(H,59,72)(H,60,73)(H,61,71)(H,62,74)(H,63,69)(H,64,75)(H,65,70)/t30-,36-,38+,39+,40-,41+,42+,43+,45+/m1/s1. The number of unbranched alkanes of at least 4 members (excludes halogenated alkanes) is 1. The second kappa shape index (κ2) is 31.1. The summed E-state index contributed by atoms with van der Waals surface area (Å²) in [5.41, 5.74) is 20.6. The minimum Gasteiger partial charge on any atom is -0.508 e. The monoisotopic (exact) mass is 1160 g/mol. The van der Waals surface area contributed by atoms with Gasteiger partial charge in [0.05, 0.1) is 12.1 Å². The second-order valence-electron chi connectivity index (χ2n) is 18.6. The summed E-state index contributed by atoms with van der Waals surface area (Å²) in [6, 6.07) is 16.3. The average molecular weight is 1160 g/mol. The number of nitrogens with zero attached hydrogens (tertiary/aromatic N) is 1. The molecule has 1 aliphatic rings. The molecule has 1 fully saturated rings. The van der Waals surface area contributed by atoms with Crippen LogP contribution in [0, 0.1) is 0 Å². The number of amides is 8. The summed E-state index contributed by atoms with van der Waals surface area (Å²) in [6.07, 6.45) is 2.31. The number of phenolic OH excluding ortho intramolecular Hbond substituents is 1. The zero-order valence-corrected chi connectivity index (χ0v) is 46.4. The molecule has 26 heteroatoms. The van der Waals surface area contributed by atoms with Crippen LogP contribution in [-0.2, 0) is 57.6 Å². The second-order valence-corrected chi connectivity index (χ2v) is 23.5. The van der Waals surface area contributed by atoms with Gasteiger partial charge in [0, 0.05) is 53.4 Å². The summed E-state index contributed by atoms with van der Waals surface area (Å²) in [5, 5.41) is 41.4. The molecule has 0 spiro atoms. The van der Waals surface area contributed by atoms with Crippen molar-refractivity contribution < 1.29 is 48.6 Å². The predicted octanol–water partition coefficient (Wildman–Crippen LogP) is 0.848. The summed E-state index contributed by atoms with van der Waals surface area (Å²) in [4.78, 5) is 121. The fraction of sp³-hybridized carbons (Fsp3) is 0.377. The van der Waals surface area contributed by atoms with Crippen LogP contribution in [0.1, 0.15) is 42.9 Å². The molecule has 422 valence electrons. The number of benzene rings is 3. The van der Waals surface area contributed by atoms with Crippen molar-refractivity contribution in [1.29, 1.82) is 0 Å². The number of phenols is 1. The van der Waals surface area contributed by atoms with Crippen LogP contribution in [0.4, 0.5) is 0 Å². The number of primary amides is 1. The Balaban J connectivity index is 1.37. The van der Waals surface area contributed by atoms with E-state index in [1.54, 1.807) is 73.1 Å². The Kier molecular flexibility index (Phi) is 24.2. The number of aromatic hydroxyl groups is 1. The van der Waals surface area contributed by atoms with E-state index in [4.69, 9.17) is 17.2 Å². The van der Waals surface area contributed by atoms with Crippen LogP contribution in [-0.4, -0.2) is 146 Å². The first-order chi connectivity index (χ1) is 38.0. The normalized spacial score (nSPS) is 21.2. The Morgan fingerprint density at radius 1 is 0.759 bits per heavy atom. The lowest BCUT2D eigenvalue weighted by atomic mass is 10.0. The number of aliphatic hydroxyl groups is 1. The molecule has 8 amide bonds. The van der Waals surface area contributed by atoms with Gasteiger partial charge >= 0.3 is 0 Å². The molecule has 0 unspecified atom stereocenters. The molecule has 22 nitrogen and oxygen atoms in total. The molecule has 0 radical (unpaired) electrons. The first-order valence-corrected chi connectivity index (χ1v) is 30.2. The average Bonchev–Trinajstić information content (AvgIpc) is 3.84. The number of carbonyl (C=O) groups is 8. The molecule has 3 aromatic carbocycles. The lowest BCUT2D eigenvalue weighted by Gasteiger charge is -2.29. The van der Waals surface area contributed by atoms with Gasteiger partial charge in [-0.05, 0) is 97.0 Å². The molecular formula is C53H66N12O10S4. The van der Waals surface area contributed by atoms with E-state index >= 15 is 0 Å². The van der Waals surface area contributed by atoms with Crippen molar-refractivity contribution in [3.8, 4) is 5.75 Å². The molecule has 5 aromatic rings. The molecular weight excluding hydrogens is 1090 g/mol. The third-order valence-electron chi connectivity index (χ3n) is 12.5. The number of fused-ring (bicyclic) bond motifs is 1. The lowest BCUT2D eigenvalue weighted by molar-refractivity contribution is -0.136. The van der Waals surface area contributed by atoms with E-state index < -0.39 is 102 Å². The zero-order valence-electron chi connectivity index (χ0n) is 43.1. The van der Waals surface area contributed by atoms with Crippen molar-refractivity contribution in [2.24, 2.45) is 17.2 Å². The minimum atomic E-state index is -1.71. The number of pyridine rings is 1. The third-order valence-corrected chi connectivity index (χ3v) is 17.2. The van der Waals surface area contributed by atoms with Gasteiger partial charge in [-0.3, -0.25) is 38.4 Å². The number of aliphatic hydroxyl groups excluding tert-OH is 1. The van der Waals surface area contributed by atoms with Crippen LogP contribution >= 0.6 is 43.2 Å². The van der Waals surface area contributed by atoms with Gasteiger partial charge < -0.3 is 69.6 Å². The van der Waals surface area contributed by atoms with Crippen LogP contribution in [0.15, 0.2) is 114 Å². The summed E-state index contributed by atoms with van der Waals surface area (Å²) in [6.45, 7) is 1.49. The fourth-order valence-electron chi connectivity index (χ4n) is 8.17. The van der Waals surface area contributed by atoms with Gasteiger partial charge in [-0.2, -0.15) is 0 Å². The number of aromatic nitrogens is 2. The van der Waals surface area contributed by atoms with Crippen molar-refractivity contribution in [2.75, 3.05) is 23.8 Å². The highest BCUT2D eigenvalue weighted by molar-refractivity contribution is 8.77. The molecule has 3 heterocycles. The molecule has 1 saturated heterocycles. The van der Waals surface area contributed by atoms with Crippen LogP contribution in [0.5, 0.6) is 5.75 Å². The Morgan fingerprint density at radius 2 is 1.42 bits per heavy atom. The highest BCUT2D eigenvalue weighted by Crippen LogP contribution is 2.30. The number of aromatic amines is 1. The Morgan fingerprint density at radius 3 is 2.11 bits per heavy atom. The highest BCUT2D eigenvalue weighted by atomic mass is 33.1. The number of hydrogen-bond donors (Lipinski definition) is 13. The van der Waals surface area contributed by atoms with Crippen LogP contribution in [0.25, 0.3) is 10.9 Å². The number of carbonyl (C=O) groups excluding carboxylic acids is 8. The molecule has 6 rings (SSSR count). The van der Waals surface area contributed by atoms with E-state index in [1.807, 2.05) is 24.3 Å². The first-order valence-electron chi connectivity index (χ1n) is 25.4. The van der Waals surface area contributed by atoms with Crippen LogP contribution in [0.3, 0.4) is 0 Å². The largest absolute Gasteiger partial charge is 0.508 e. The molecule has 1 aliphatic heterocycles. The maximum absolute atomic E-state index is 14.8. The van der Waals surface area contributed by atoms with Crippen LogP contribution < -0.4 is 54.4 Å². The van der Waals surface area contributed by atoms with Crippen LogP contribution in [0.2, 0.25) is 0 Å². The molecule has 0 aliphatic carbocycles. The van der Waals surface area contributed by atoms with E-state index in [9.17, 15) is 48.6 Å². The third kappa shape index (κ3) is 19.2. The van der Waals surface area contributed by atoms with Gasteiger partial charge in [-0.25, -0.2) is 4.98 Å². The zero-order chi connectivity index (χ0) is 56.8. The fourth-order valence-corrected chi connectivity index (χ4v) is 12.6. The first kappa shape index (κ1) is 61.4. The molecule has 79 heavy (non-hydrogen) atoms. The molecule has 9 atom stereocenters. The highest BCUT2D eigenvalue weighted by Gasteiger charge is 2.37. The van der Waals surface area contributed by atoms with Gasteiger partial charge in [0.25, 0.3) is 0 Å². The lowest BCUT2D eigenvalue weighted by Crippen LogP contribution is -2.62. The molecule has 2 aromatic heterocycles. The smallest absolute Gasteiger partial charge is 0.245 e. The van der Waals surface area contributed by atoms with E-state index in [1.165, 1.54) is 40.6 Å². The number of rotatable bonds is 20. The number of H-pyrrole nitrogens is 1. The van der Waals surface area contributed by atoms with E-state index in [0.29, 0.717) is 29.0 Å². The van der Waals surface area contributed by atoms with Gasteiger partial charge in [0.15, 0.2) is 0 Å². The van der Waals surface area contributed by atoms with Gasteiger partial charge in [0.2, 0.25) is 47.3 Å². The Hall–Kier alpha value is -6.81. The van der Waals surface area contributed by atoms with E-state index in [0.717, 1.165) is 38.1 Å². The van der Waals surface area contributed by atoms with Crippen molar-refractivity contribution in [3.63, 3.8) is 0 Å². The number of hydrogen-bond acceptors (Lipinski definition) is 17. The number of para-hydroxylation sites is 1. The Labute approximate surface area is 472 Å². The van der Waals surface area contributed by atoms with Crippen molar-refractivity contribution in [1.82, 2.24) is 47.2 Å². The maximum Gasteiger partial charge on any atom is 0.245 e. The Bertz CT molecular complexity index is 2850. The molecule has 16 N–H and O–H groups in total. The predicted molar refractivity (Wildman–Crippen MR) is 307 cm³/mol. The summed E-state index contributed by atoms with van der Waals surface area (Å²) >= 11 is 0. The van der Waals surface area contributed by atoms with Crippen molar-refractivity contribution >= 4 is 101 Å². The van der Waals surface area contributed by atoms with Gasteiger partial charge in [-0.1, -0.05) is 99.1 Å². The van der Waals surface area contributed by atoms with E-state index in [-0.39, 0.29) is 55.2 Å². The van der Waals surface area contributed by atoms with Gasteiger partial charge in [-0.15, -0.1) is 0 Å². The summed E-state index contributed by atoms with van der Waals surface area (Å²) in [7, 11) is 4.44. The van der Waals surface area contributed by atoms with Crippen molar-refractivity contribution in [2.45, 2.75) is 105 Å². The van der Waals surface area contributed by atoms with Crippen molar-refractivity contribution in [3.05, 3.63) is 126 Å². The summed E-state index contributed by atoms with van der Waals surface area (Å²) in [5.74, 6) is -7.32. The van der Waals surface area contributed by atoms with Gasteiger partial charge in [0.1, 0.15) is 53.1 Å². The quantitative estimate of drug-likeness (QED) is 0.0379. The maximum atomic E-state index is 14.8. The minimum absolute atomic E-state index is 0.00234. The number of nitrogens with one attached hydrogen (secondary N) is 8. The molecule has 0 bridgehead atoms. The number of nitrogens with two attached hydrogens (primary N) is 3. The SMILES string of the molecule is C[C@@H](O)[C@@H]1NC(=O)[C@H](CCCCN)NC(=O)[C@@H](Cc2c[nH]c3ccccc23)NC(=O)[C@H](Cc2ccc(O)cc2)NC(=O)[C@@H](NC(=O)[C@H](N)Cc2ccccc2)CSSC[C@@H](C(=O)N[C@@H](CSSc2ccccn2)C(N)=O)NC1=O. The summed E-state index contributed by atoms with van der Waals surface area (Å²) < 4.78 is 0.